The van der Waals surface area contributed by atoms with Gasteiger partial charge in [0.2, 0.25) is 0 Å². The van der Waals surface area contributed by atoms with E-state index in [4.69, 9.17) is 0 Å². The molecule has 0 aliphatic carbocycles. The monoisotopic (exact) mass is 207 g/mol. The summed E-state index contributed by atoms with van der Waals surface area (Å²) in [6.45, 7) is 6.58. The van der Waals surface area contributed by atoms with Gasteiger partial charge in [-0.25, -0.2) is 0 Å². The summed E-state index contributed by atoms with van der Waals surface area (Å²) in [6, 6.07) is 6.83. The van der Waals surface area contributed by atoms with Gasteiger partial charge in [-0.3, -0.25) is 10.1 Å². The molecule has 1 rings (SSSR count). The molecular formula is C12H17NO2. The van der Waals surface area contributed by atoms with Crippen molar-refractivity contribution in [1.82, 2.24) is 0 Å². The SMILES string of the molecule is CC(C)C(C)Cc1ccc([N+](=O)[O-])cc1. The van der Waals surface area contributed by atoms with E-state index in [1.165, 1.54) is 5.56 Å². The molecule has 1 unspecified atom stereocenters. The third kappa shape index (κ3) is 3.35. The molecule has 3 heteroatoms. The van der Waals surface area contributed by atoms with Crippen molar-refractivity contribution in [2.75, 3.05) is 0 Å². The molecule has 3 nitrogen and oxygen atoms in total. The fraction of sp³-hybridized carbons (Fsp3) is 0.500. The number of hydrogen-bond acceptors (Lipinski definition) is 2. The first kappa shape index (κ1) is 11.7. The van der Waals surface area contributed by atoms with Gasteiger partial charge < -0.3 is 0 Å². The van der Waals surface area contributed by atoms with Gasteiger partial charge in [0, 0.05) is 12.1 Å². The topological polar surface area (TPSA) is 43.1 Å². The van der Waals surface area contributed by atoms with Crippen LogP contribution in [0.1, 0.15) is 26.3 Å². The number of nitro groups is 1. The van der Waals surface area contributed by atoms with Crippen LogP contribution in [0.2, 0.25) is 0 Å². The van der Waals surface area contributed by atoms with Crippen LogP contribution in [0.25, 0.3) is 0 Å². The molecule has 0 aliphatic heterocycles. The number of hydrogen-bond donors (Lipinski definition) is 0. The molecule has 15 heavy (non-hydrogen) atoms. The van der Waals surface area contributed by atoms with E-state index in [2.05, 4.69) is 20.8 Å². The molecule has 1 aromatic rings. The van der Waals surface area contributed by atoms with Crippen molar-refractivity contribution in [3.8, 4) is 0 Å². The van der Waals surface area contributed by atoms with E-state index in [-0.39, 0.29) is 10.6 Å². The summed E-state index contributed by atoms with van der Waals surface area (Å²) in [5, 5.41) is 10.4. The van der Waals surface area contributed by atoms with Crippen molar-refractivity contribution in [3.05, 3.63) is 39.9 Å². The van der Waals surface area contributed by atoms with Gasteiger partial charge in [-0.2, -0.15) is 0 Å². The van der Waals surface area contributed by atoms with Crippen molar-refractivity contribution in [2.24, 2.45) is 11.8 Å². The lowest BCUT2D eigenvalue weighted by atomic mass is 9.91. The molecule has 0 fully saturated rings. The number of nitro benzene ring substituents is 1. The Morgan fingerprint density at radius 1 is 1.20 bits per heavy atom. The second kappa shape index (κ2) is 4.91. The summed E-state index contributed by atoms with van der Waals surface area (Å²) in [5.41, 5.74) is 1.33. The number of non-ortho nitro benzene ring substituents is 1. The van der Waals surface area contributed by atoms with Crippen molar-refractivity contribution >= 4 is 5.69 Å². The van der Waals surface area contributed by atoms with Gasteiger partial charge in [-0.05, 0) is 23.8 Å². The Balaban J connectivity index is 2.68. The van der Waals surface area contributed by atoms with E-state index < -0.39 is 0 Å². The lowest BCUT2D eigenvalue weighted by Gasteiger charge is -2.14. The molecule has 0 heterocycles. The van der Waals surface area contributed by atoms with Crippen molar-refractivity contribution < 1.29 is 4.92 Å². The minimum Gasteiger partial charge on any atom is -0.258 e. The lowest BCUT2D eigenvalue weighted by Crippen LogP contribution is -2.07. The summed E-state index contributed by atoms with van der Waals surface area (Å²) < 4.78 is 0. The van der Waals surface area contributed by atoms with E-state index in [0.717, 1.165) is 6.42 Å². The van der Waals surface area contributed by atoms with Crippen LogP contribution in [0.15, 0.2) is 24.3 Å². The summed E-state index contributed by atoms with van der Waals surface area (Å²) in [5.74, 6) is 1.24. The quantitative estimate of drug-likeness (QED) is 0.560. The van der Waals surface area contributed by atoms with E-state index in [0.29, 0.717) is 11.8 Å². The standard InChI is InChI=1S/C12H17NO2/c1-9(2)10(3)8-11-4-6-12(7-5-11)13(14)15/h4-7,9-10H,8H2,1-3H3. The number of nitrogens with zero attached hydrogens (tertiary/aromatic N) is 1. The Labute approximate surface area is 90.3 Å². The smallest absolute Gasteiger partial charge is 0.258 e. The Bertz CT molecular complexity index is 330. The average molecular weight is 207 g/mol. The molecule has 0 aromatic heterocycles. The van der Waals surface area contributed by atoms with E-state index >= 15 is 0 Å². The molecule has 1 atom stereocenters. The first-order chi connectivity index (χ1) is 7.00. The first-order valence-electron chi connectivity index (χ1n) is 5.24. The van der Waals surface area contributed by atoms with Crippen LogP contribution in [0.3, 0.4) is 0 Å². The molecule has 0 saturated carbocycles. The van der Waals surface area contributed by atoms with Crippen LogP contribution < -0.4 is 0 Å². The van der Waals surface area contributed by atoms with Gasteiger partial charge >= 0.3 is 0 Å². The molecule has 1 aromatic carbocycles. The zero-order chi connectivity index (χ0) is 11.4. The zero-order valence-electron chi connectivity index (χ0n) is 9.43. The van der Waals surface area contributed by atoms with E-state index in [1.807, 2.05) is 12.1 Å². The molecule has 0 spiro atoms. The highest BCUT2D eigenvalue weighted by atomic mass is 16.6. The van der Waals surface area contributed by atoms with Crippen molar-refractivity contribution in [1.29, 1.82) is 0 Å². The number of benzene rings is 1. The predicted molar refractivity (Wildman–Crippen MR) is 60.8 cm³/mol. The summed E-state index contributed by atoms with van der Waals surface area (Å²) in [7, 11) is 0. The van der Waals surface area contributed by atoms with Crippen molar-refractivity contribution in [3.63, 3.8) is 0 Å². The first-order valence-corrected chi connectivity index (χ1v) is 5.24. The summed E-state index contributed by atoms with van der Waals surface area (Å²) in [6.07, 6.45) is 0.982. The summed E-state index contributed by atoms with van der Waals surface area (Å²) in [4.78, 5) is 10.1. The van der Waals surface area contributed by atoms with Crippen LogP contribution in [-0.4, -0.2) is 4.92 Å². The average Bonchev–Trinajstić information content (AvgIpc) is 2.18. The molecule has 0 saturated heterocycles. The van der Waals surface area contributed by atoms with Crippen LogP contribution in [-0.2, 0) is 6.42 Å². The number of rotatable bonds is 4. The molecular weight excluding hydrogens is 190 g/mol. The third-order valence-corrected chi connectivity index (χ3v) is 2.84. The van der Waals surface area contributed by atoms with Gasteiger partial charge in [0.1, 0.15) is 0 Å². The maximum atomic E-state index is 10.4. The van der Waals surface area contributed by atoms with Gasteiger partial charge in [-0.1, -0.05) is 32.9 Å². The van der Waals surface area contributed by atoms with Crippen LogP contribution >= 0.6 is 0 Å². The second-order valence-corrected chi connectivity index (χ2v) is 4.35. The van der Waals surface area contributed by atoms with Gasteiger partial charge in [-0.15, -0.1) is 0 Å². The lowest BCUT2D eigenvalue weighted by molar-refractivity contribution is -0.384. The van der Waals surface area contributed by atoms with Crippen LogP contribution in [0.5, 0.6) is 0 Å². The molecule has 0 bridgehead atoms. The minimum absolute atomic E-state index is 0.163. The normalized spacial score (nSPS) is 12.8. The Hall–Kier alpha value is -1.38. The highest BCUT2D eigenvalue weighted by Crippen LogP contribution is 2.18. The molecule has 0 N–H and O–H groups in total. The van der Waals surface area contributed by atoms with Crippen LogP contribution in [0, 0.1) is 22.0 Å². The Morgan fingerprint density at radius 3 is 2.13 bits per heavy atom. The highest BCUT2D eigenvalue weighted by Gasteiger charge is 2.09. The molecule has 0 radical (unpaired) electrons. The zero-order valence-corrected chi connectivity index (χ0v) is 9.43. The summed E-state index contributed by atoms with van der Waals surface area (Å²) >= 11 is 0. The predicted octanol–water partition coefficient (Wildman–Crippen LogP) is 3.43. The van der Waals surface area contributed by atoms with E-state index in [1.54, 1.807) is 12.1 Å². The minimum atomic E-state index is -0.365. The molecule has 82 valence electrons. The van der Waals surface area contributed by atoms with Gasteiger partial charge in [0.05, 0.1) is 4.92 Å². The maximum Gasteiger partial charge on any atom is 0.269 e. The fourth-order valence-corrected chi connectivity index (χ4v) is 1.36. The fourth-order valence-electron chi connectivity index (χ4n) is 1.36. The van der Waals surface area contributed by atoms with Crippen LogP contribution in [0.4, 0.5) is 5.69 Å². The molecule has 0 aliphatic rings. The largest absolute Gasteiger partial charge is 0.269 e. The van der Waals surface area contributed by atoms with Crippen molar-refractivity contribution in [2.45, 2.75) is 27.2 Å². The Morgan fingerprint density at radius 2 is 1.73 bits per heavy atom. The highest BCUT2D eigenvalue weighted by molar-refractivity contribution is 5.32. The second-order valence-electron chi connectivity index (χ2n) is 4.35. The van der Waals surface area contributed by atoms with Gasteiger partial charge in [0.25, 0.3) is 5.69 Å². The maximum absolute atomic E-state index is 10.4. The third-order valence-electron chi connectivity index (χ3n) is 2.84. The molecule has 0 amide bonds. The Kier molecular flexibility index (Phi) is 3.83. The van der Waals surface area contributed by atoms with Gasteiger partial charge in [0.15, 0.2) is 0 Å². The van der Waals surface area contributed by atoms with E-state index in [9.17, 15) is 10.1 Å².